The Morgan fingerprint density at radius 3 is 2.17 bits per heavy atom. The van der Waals surface area contributed by atoms with Crippen molar-refractivity contribution in [1.29, 1.82) is 0 Å². The number of piperidine rings is 2. The van der Waals surface area contributed by atoms with Crippen LogP contribution < -0.4 is 14.5 Å². The van der Waals surface area contributed by atoms with Crippen molar-refractivity contribution in [2.45, 2.75) is 25.7 Å². The maximum Gasteiger partial charge on any atom is 0.355 e. The van der Waals surface area contributed by atoms with Crippen LogP contribution in [0.1, 0.15) is 25.7 Å². The minimum atomic E-state index is -0.646. The summed E-state index contributed by atoms with van der Waals surface area (Å²) in [7, 11) is 6.38. The van der Waals surface area contributed by atoms with Crippen molar-refractivity contribution >= 4 is 23.3 Å². The number of carbonyl (C=O) groups is 2. The summed E-state index contributed by atoms with van der Waals surface area (Å²) >= 11 is 0. The summed E-state index contributed by atoms with van der Waals surface area (Å²) in [5.74, 6) is -0.673. The van der Waals surface area contributed by atoms with E-state index in [4.69, 9.17) is 14.2 Å². The van der Waals surface area contributed by atoms with Gasteiger partial charge in [-0.05, 0) is 75.5 Å². The van der Waals surface area contributed by atoms with Crippen LogP contribution in [0.25, 0.3) is 0 Å². The van der Waals surface area contributed by atoms with Crippen LogP contribution in [0.3, 0.4) is 0 Å². The van der Waals surface area contributed by atoms with Crippen molar-refractivity contribution in [2.75, 3.05) is 64.4 Å². The lowest BCUT2D eigenvalue weighted by molar-refractivity contribution is -0.139. The number of methoxy groups -OCH3 is 3. The smallest absolute Gasteiger partial charge is 0.355 e. The number of likely N-dealkylation sites (tertiary alicyclic amines) is 1. The van der Waals surface area contributed by atoms with Crippen molar-refractivity contribution in [3.63, 3.8) is 0 Å². The first kappa shape index (κ1) is 24.9. The maximum absolute atomic E-state index is 12.8. The fourth-order valence-corrected chi connectivity index (χ4v) is 5.25. The molecule has 0 aromatic heterocycles. The Hall–Kier alpha value is -3.26. The van der Waals surface area contributed by atoms with Crippen LogP contribution in [-0.4, -0.2) is 71.4 Å². The maximum atomic E-state index is 12.8. The molecule has 4 rings (SSSR count). The number of anilines is 2. The molecule has 3 aliphatic heterocycles. The summed E-state index contributed by atoms with van der Waals surface area (Å²) in [6, 6.07) is 5.96. The average Bonchev–Trinajstić information content (AvgIpc) is 3.12. The van der Waals surface area contributed by atoms with Crippen LogP contribution in [0.5, 0.6) is 5.75 Å². The van der Waals surface area contributed by atoms with Gasteiger partial charge in [-0.25, -0.2) is 9.59 Å². The molecule has 0 atom stereocenters. The number of allylic oxidation sites excluding steroid dienone is 2. The zero-order valence-corrected chi connectivity index (χ0v) is 21.1. The van der Waals surface area contributed by atoms with Gasteiger partial charge in [0.05, 0.1) is 32.6 Å². The predicted molar refractivity (Wildman–Crippen MR) is 135 cm³/mol. The molecule has 8 nitrogen and oxygen atoms in total. The molecule has 3 aliphatic rings. The van der Waals surface area contributed by atoms with Gasteiger partial charge >= 0.3 is 11.9 Å². The highest BCUT2D eigenvalue weighted by Crippen LogP contribution is 2.43. The Balaban J connectivity index is 1.62. The molecular weight excluding hydrogens is 446 g/mol. The summed E-state index contributed by atoms with van der Waals surface area (Å²) in [4.78, 5) is 31.7. The largest absolute Gasteiger partial charge is 0.494 e. The summed E-state index contributed by atoms with van der Waals surface area (Å²) < 4.78 is 15.7. The fraction of sp³-hybridized carbons (Fsp3) is 0.481. The molecule has 0 unspecified atom stereocenters. The number of hydrogen-bond donors (Lipinski definition) is 0. The van der Waals surface area contributed by atoms with Gasteiger partial charge in [-0.15, -0.1) is 0 Å². The second-order valence-electron chi connectivity index (χ2n) is 9.46. The lowest BCUT2D eigenvalue weighted by atomic mass is 9.71. The Kier molecular flexibility index (Phi) is 7.50. The summed E-state index contributed by atoms with van der Waals surface area (Å²) in [6.45, 7) is 4.40. The highest BCUT2D eigenvalue weighted by atomic mass is 16.5. The van der Waals surface area contributed by atoms with E-state index in [0.29, 0.717) is 16.9 Å². The Bertz CT molecular complexity index is 1040. The first-order valence-corrected chi connectivity index (χ1v) is 12.1. The first-order chi connectivity index (χ1) is 16.9. The molecule has 1 aromatic carbocycles. The number of hydrogen-bond acceptors (Lipinski definition) is 8. The molecule has 3 heterocycles. The number of carbonyl (C=O) groups excluding carboxylic acids is 2. The van der Waals surface area contributed by atoms with Gasteiger partial charge in [-0.1, -0.05) is 6.08 Å². The third-order valence-corrected chi connectivity index (χ3v) is 7.55. The molecule has 0 radical (unpaired) electrons. The number of benzene rings is 1. The van der Waals surface area contributed by atoms with E-state index >= 15 is 0 Å². The Labute approximate surface area is 207 Å². The van der Waals surface area contributed by atoms with Crippen LogP contribution >= 0.6 is 0 Å². The van der Waals surface area contributed by atoms with Crippen LogP contribution in [0.2, 0.25) is 0 Å². The molecule has 0 bridgehead atoms. The Morgan fingerprint density at radius 2 is 1.54 bits per heavy atom. The van der Waals surface area contributed by atoms with Crippen molar-refractivity contribution in [3.8, 4) is 5.75 Å². The zero-order chi connectivity index (χ0) is 25.0. The molecule has 8 heteroatoms. The van der Waals surface area contributed by atoms with E-state index < -0.39 is 11.9 Å². The van der Waals surface area contributed by atoms with Gasteiger partial charge < -0.3 is 28.9 Å². The molecule has 0 saturated carbocycles. The van der Waals surface area contributed by atoms with Gasteiger partial charge in [0, 0.05) is 31.0 Å². The quantitative estimate of drug-likeness (QED) is 0.592. The van der Waals surface area contributed by atoms with E-state index in [9.17, 15) is 9.59 Å². The topological polar surface area (TPSA) is 71.6 Å². The minimum Gasteiger partial charge on any atom is -0.494 e. The van der Waals surface area contributed by atoms with E-state index in [0.717, 1.165) is 18.8 Å². The van der Waals surface area contributed by atoms with E-state index in [2.05, 4.69) is 16.8 Å². The predicted octanol–water partition coefficient (Wildman–Crippen LogP) is 3.50. The standard InChI is InChI=1S/C27H35N3O5/c1-28-15-10-27(11-16-28)12-17-29(18-13-27)20-8-9-22(23(19-20)33-2)30-14-6-5-7-21(25(31)34-3)24(30)26(32)35-4/h5-9,14,19H,10-13,15-18H2,1-4H3. The van der Waals surface area contributed by atoms with Crippen LogP contribution in [0, 0.1) is 5.41 Å². The first-order valence-electron chi connectivity index (χ1n) is 12.1. The third-order valence-electron chi connectivity index (χ3n) is 7.55. The SMILES string of the molecule is COC(=O)C1=C(C(=O)OC)N(c2ccc(N3CCC4(CCN(C)CC4)CC3)cc2OC)C=CC=C1. The molecular formula is C27H35N3O5. The highest BCUT2D eigenvalue weighted by Gasteiger charge is 2.37. The Morgan fingerprint density at radius 1 is 0.886 bits per heavy atom. The lowest BCUT2D eigenvalue weighted by Gasteiger charge is -2.47. The molecule has 2 fully saturated rings. The van der Waals surface area contributed by atoms with Gasteiger partial charge in [-0.2, -0.15) is 0 Å². The van der Waals surface area contributed by atoms with Gasteiger partial charge in [0.15, 0.2) is 0 Å². The molecule has 188 valence electrons. The van der Waals surface area contributed by atoms with Crippen molar-refractivity contribution in [1.82, 2.24) is 4.90 Å². The second-order valence-corrected chi connectivity index (χ2v) is 9.46. The molecule has 1 aromatic rings. The van der Waals surface area contributed by atoms with E-state index in [1.165, 1.54) is 53.0 Å². The van der Waals surface area contributed by atoms with Gasteiger partial charge in [-0.3, -0.25) is 0 Å². The highest BCUT2D eigenvalue weighted by molar-refractivity contribution is 6.05. The molecule has 0 N–H and O–H groups in total. The molecule has 0 amide bonds. The fourth-order valence-electron chi connectivity index (χ4n) is 5.25. The summed E-state index contributed by atoms with van der Waals surface area (Å²) in [5, 5.41) is 0. The molecule has 0 aliphatic carbocycles. The summed E-state index contributed by atoms with van der Waals surface area (Å²) in [5.41, 5.74) is 2.36. The summed E-state index contributed by atoms with van der Waals surface area (Å²) in [6.07, 6.45) is 11.6. The third kappa shape index (κ3) is 5.07. The average molecular weight is 482 g/mol. The second kappa shape index (κ2) is 10.6. The lowest BCUT2D eigenvalue weighted by Crippen LogP contribution is -2.46. The minimum absolute atomic E-state index is 0.0672. The van der Waals surface area contributed by atoms with Crippen molar-refractivity contribution < 1.29 is 23.8 Å². The molecule has 1 spiro atoms. The van der Waals surface area contributed by atoms with Gasteiger partial charge in [0.25, 0.3) is 0 Å². The normalized spacial score (nSPS) is 20.1. The van der Waals surface area contributed by atoms with Crippen molar-refractivity contribution in [2.24, 2.45) is 5.41 Å². The monoisotopic (exact) mass is 481 g/mol. The van der Waals surface area contributed by atoms with E-state index in [-0.39, 0.29) is 11.3 Å². The van der Waals surface area contributed by atoms with E-state index in [1.54, 1.807) is 36.4 Å². The van der Waals surface area contributed by atoms with Gasteiger partial charge in [0.2, 0.25) is 0 Å². The zero-order valence-electron chi connectivity index (χ0n) is 21.1. The van der Waals surface area contributed by atoms with Crippen LogP contribution in [-0.2, 0) is 19.1 Å². The van der Waals surface area contributed by atoms with Crippen LogP contribution in [0.15, 0.2) is 53.9 Å². The van der Waals surface area contributed by atoms with Gasteiger partial charge in [0.1, 0.15) is 11.4 Å². The number of esters is 2. The molecule has 2 saturated heterocycles. The number of ether oxygens (including phenoxy) is 3. The molecule has 35 heavy (non-hydrogen) atoms. The number of rotatable bonds is 5. The van der Waals surface area contributed by atoms with Crippen LogP contribution in [0.4, 0.5) is 11.4 Å². The number of nitrogens with zero attached hydrogens (tertiary/aromatic N) is 3. The van der Waals surface area contributed by atoms with Crippen molar-refractivity contribution in [3.05, 3.63) is 53.9 Å². The van der Waals surface area contributed by atoms with E-state index in [1.807, 2.05) is 18.2 Å².